The number of rotatable bonds is 7. The maximum Gasteiger partial charge on any atom is 0.311 e. The van der Waals surface area contributed by atoms with Gasteiger partial charge in [-0.1, -0.05) is 60.7 Å². The van der Waals surface area contributed by atoms with Crippen molar-refractivity contribution in [2.24, 2.45) is 0 Å². The molecule has 2 aromatic heterocycles. The van der Waals surface area contributed by atoms with Gasteiger partial charge in [-0.2, -0.15) is 0 Å². The second-order valence-electron chi connectivity index (χ2n) is 7.94. The van der Waals surface area contributed by atoms with Crippen LogP contribution in [0, 0.1) is 0 Å². The summed E-state index contributed by atoms with van der Waals surface area (Å²) in [6.07, 6.45) is 0.0672. The number of fused-ring (bicyclic) bond motifs is 1. The Balaban J connectivity index is 1.46. The fraction of sp³-hybridized carbons (Fsp3) is 0.107. The number of carbonyl (C=O) groups excluding carboxylic acids is 2. The monoisotopic (exact) mass is 494 g/mol. The molecule has 0 spiro atoms. The quantitative estimate of drug-likeness (QED) is 0.288. The number of esters is 1. The number of benzene rings is 3. The predicted octanol–water partition coefficient (Wildman–Crippen LogP) is 5.78. The number of carbonyl (C=O) groups is 2. The van der Waals surface area contributed by atoms with E-state index >= 15 is 0 Å². The van der Waals surface area contributed by atoms with Gasteiger partial charge in [-0.05, 0) is 25.1 Å². The Hall–Kier alpha value is -4.43. The summed E-state index contributed by atoms with van der Waals surface area (Å²) in [5.41, 5.74) is 5.73. The van der Waals surface area contributed by atoms with E-state index in [4.69, 9.17) is 14.7 Å². The van der Waals surface area contributed by atoms with Gasteiger partial charge in [0, 0.05) is 22.1 Å². The number of anilines is 1. The molecule has 36 heavy (non-hydrogen) atoms. The van der Waals surface area contributed by atoms with E-state index in [0.29, 0.717) is 34.0 Å². The molecular formula is C28H22N4O3S. The Bertz CT molecular complexity index is 1540. The highest BCUT2D eigenvalue weighted by molar-refractivity contribution is 7.14. The van der Waals surface area contributed by atoms with Gasteiger partial charge in [0.05, 0.1) is 41.1 Å². The molecule has 0 saturated carbocycles. The van der Waals surface area contributed by atoms with Gasteiger partial charge in [0.1, 0.15) is 0 Å². The predicted molar refractivity (Wildman–Crippen MR) is 141 cm³/mol. The Kier molecular flexibility index (Phi) is 6.77. The van der Waals surface area contributed by atoms with Crippen LogP contribution in [0.4, 0.5) is 5.13 Å². The zero-order valence-corrected chi connectivity index (χ0v) is 20.3. The fourth-order valence-corrected chi connectivity index (χ4v) is 4.47. The van der Waals surface area contributed by atoms with Crippen molar-refractivity contribution in [3.8, 4) is 22.5 Å². The molecule has 0 fully saturated rings. The molecule has 3 aromatic carbocycles. The summed E-state index contributed by atoms with van der Waals surface area (Å²) in [5.74, 6) is -0.665. The Morgan fingerprint density at radius 2 is 1.47 bits per heavy atom. The summed E-state index contributed by atoms with van der Waals surface area (Å²) >= 11 is 1.26. The van der Waals surface area contributed by atoms with Crippen LogP contribution in [0.1, 0.15) is 23.0 Å². The first kappa shape index (κ1) is 23.3. The van der Waals surface area contributed by atoms with Gasteiger partial charge in [-0.15, -0.1) is 11.3 Å². The van der Waals surface area contributed by atoms with Crippen molar-refractivity contribution in [2.75, 3.05) is 11.9 Å². The minimum Gasteiger partial charge on any atom is -0.466 e. The van der Waals surface area contributed by atoms with E-state index in [9.17, 15) is 9.59 Å². The molecule has 1 amide bonds. The third-order valence-electron chi connectivity index (χ3n) is 5.42. The lowest BCUT2D eigenvalue weighted by atomic mass is 10.0. The van der Waals surface area contributed by atoms with E-state index < -0.39 is 0 Å². The Labute approximate surface area is 211 Å². The lowest BCUT2D eigenvalue weighted by Crippen LogP contribution is -2.12. The van der Waals surface area contributed by atoms with Crippen molar-refractivity contribution in [2.45, 2.75) is 13.3 Å². The first-order chi connectivity index (χ1) is 17.6. The number of amides is 1. The normalized spacial score (nSPS) is 10.8. The maximum atomic E-state index is 13.0. The number of hydrogen-bond donors (Lipinski definition) is 1. The molecular weight excluding hydrogens is 472 g/mol. The average molecular weight is 495 g/mol. The summed E-state index contributed by atoms with van der Waals surface area (Å²) in [4.78, 5) is 38.8. The summed E-state index contributed by atoms with van der Waals surface area (Å²) < 4.78 is 4.95. The largest absolute Gasteiger partial charge is 0.466 e. The van der Waals surface area contributed by atoms with E-state index in [0.717, 1.165) is 22.5 Å². The number of nitrogens with zero attached hydrogens (tertiary/aromatic N) is 3. The molecule has 0 saturated heterocycles. The molecule has 0 aliphatic carbocycles. The molecule has 178 valence electrons. The average Bonchev–Trinajstić information content (AvgIpc) is 3.35. The van der Waals surface area contributed by atoms with Crippen LogP contribution in [-0.2, 0) is 16.0 Å². The number of hydrogen-bond acceptors (Lipinski definition) is 7. The van der Waals surface area contributed by atoms with Gasteiger partial charge in [0.25, 0.3) is 5.91 Å². The van der Waals surface area contributed by atoms with E-state index in [2.05, 4.69) is 10.3 Å². The van der Waals surface area contributed by atoms with Crippen LogP contribution in [0.3, 0.4) is 0 Å². The van der Waals surface area contributed by atoms with Crippen molar-refractivity contribution >= 4 is 39.4 Å². The SMILES string of the molecule is CCOC(=O)Cc1csc(NC(=O)c2ccc3nc(-c4ccccc4)c(-c4ccccc4)nc3c2)n1. The van der Waals surface area contributed by atoms with Crippen LogP contribution >= 0.6 is 11.3 Å². The number of ether oxygens (including phenoxy) is 1. The van der Waals surface area contributed by atoms with Crippen LogP contribution in [0.5, 0.6) is 0 Å². The molecule has 5 aromatic rings. The minimum absolute atomic E-state index is 0.0672. The third kappa shape index (κ3) is 5.13. The van der Waals surface area contributed by atoms with Gasteiger partial charge < -0.3 is 4.74 Å². The molecule has 1 N–H and O–H groups in total. The molecule has 0 atom stereocenters. The smallest absolute Gasteiger partial charge is 0.311 e. The first-order valence-electron chi connectivity index (χ1n) is 11.4. The highest BCUT2D eigenvalue weighted by Crippen LogP contribution is 2.31. The van der Waals surface area contributed by atoms with Crippen molar-refractivity contribution < 1.29 is 14.3 Å². The van der Waals surface area contributed by atoms with E-state index in [-0.39, 0.29) is 18.3 Å². The molecule has 0 unspecified atom stereocenters. The van der Waals surface area contributed by atoms with Crippen molar-refractivity contribution in [1.29, 1.82) is 0 Å². The van der Waals surface area contributed by atoms with Crippen LogP contribution < -0.4 is 5.32 Å². The molecule has 0 aliphatic heterocycles. The van der Waals surface area contributed by atoms with Crippen LogP contribution in [0.25, 0.3) is 33.5 Å². The topological polar surface area (TPSA) is 94.1 Å². The summed E-state index contributed by atoms with van der Waals surface area (Å²) in [6.45, 7) is 2.07. The number of aromatic nitrogens is 3. The van der Waals surface area contributed by atoms with Gasteiger partial charge in [0.15, 0.2) is 5.13 Å². The lowest BCUT2D eigenvalue weighted by molar-refractivity contribution is -0.142. The zero-order chi connectivity index (χ0) is 24.9. The Morgan fingerprint density at radius 3 is 2.11 bits per heavy atom. The molecule has 0 aliphatic rings. The number of nitrogens with one attached hydrogen (secondary N) is 1. The molecule has 2 heterocycles. The standard InChI is InChI=1S/C28H22N4O3S/c1-2-35-24(33)16-21-17-36-28(29-21)32-27(34)20-13-14-22-23(15-20)31-26(19-11-7-4-8-12-19)25(30-22)18-9-5-3-6-10-18/h3-15,17H,2,16H2,1H3,(H,29,32,34). The van der Waals surface area contributed by atoms with E-state index in [1.54, 1.807) is 30.5 Å². The highest BCUT2D eigenvalue weighted by Gasteiger charge is 2.16. The Morgan fingerprint density at radius 1 is 0.833 bits per heavy atom. The minimum atomic E-state index is -0.349. The molecule has 0 bridgehead atoms. The van der Waals surface area contributed by atoms with Gasteiger partial charge in [-0.25, -0.2) is 15.0 Å². The molecule has 7 nitrogen and oxygen atoms in total. The van der Waals surface area contributed by atoms with Gasteiger partial charge in [0.2, 0.25) is 0 Å². The molecule has 0 radical (unpaired) electrons. The van der Waals surface area contributed by atoms with E-state index in [1.165, 1.54) is 11.3 Å². The zero-order valence-electron chi connectivity index (χ0n) is 19.5. The highest BCUT2D eigenvalue weighted by atomic mass is 32.1. The lowest BCUT2D eigenvalue weighted by Gasteiger charge is -2.11. The van der Waals surface area contributed by atoms with Crippen molar-refractivity contribution in [3.63, 3.8) is 0 Å². The fourth-order valence-electron chi connectivity index (χ4n) is 3.76. The summed E-state index contributed by atoms with van der Waals surface area (Å²) in [7, 11) is 0. The first-order valence-corrected chi connectivity index (χ1v) is 12.3. The summed E-state index contributed by atoms with van der Waals surface area (Å²) in [5, 5.41) is 4.94. The van der Waals surface area contributed by atoms with Crippen molar-refractivity contribution in [3.05, 3.63) is 95.5 Å². The van der Waals surface area contributed by atoms with Crippen molar-refractivity contribution in [1.82, 2.24) is 15.0 Å². The number of thiazole rings is 1. The second kappa shape index (κ2) is 10.5. The van der Waals surface area contributed by atoms with Crippen LogP contribution in [0.15, 0.2) is 84.2 Å². The molecule has 8 heteroatoms. The van der Waals surface area contributed by atoms with Gasteiger partial charge >= 0.3 is 5.97 Å². The summed E-state index contributed by atoms with van der Waals surface area (Å²) in [6, 6.07) is 25.0. The maximum absolute atomic E-state index is 13.0. The van der Waals surface area contributed by atoms with Gasteiger partial charge in [-0.3, -0.25) is 14.9 Å². The molecule has 5 rings (SSSR count). The third-order valence-corrected chi connectivity index (χ3v) is 6.23. The van der Waals surface area contributed by atoms with Crippen LogP contribution in [-0.4, -0.2) is 33.4 Å². The van der Waals surface area contributed by atoms with Crippen LogP contribution in [0.2, 0.25) is 0 Å². The second-order valence-corrected chi connectivity index (χ2v) is 8.79. The van der Waals surface area contributed by atoms with E-state index in [1.807, 2.05) is 60.7 Å².